The number of hydrogen-bond acceptors (Lipinski definition) is 9. The van der Waals surface area contributed by atoms with E-state index in [0.29, 0.717) is 16.9 Å². The minimum atomic E-state index is -3.77. The molecule has 0 spiro atoms. The highest BCUT2D eigenvalue weighted by Crippen LogP contribution is 2.34. The van der Waals surface area contributed by atoms with Gasteiger partial charge in [0, 0.05) is 29.2 Å². The molecule has 0 aliphatic heterocycles. The first-order chi connectivity index (χ1) is 13.2. The molecular weight excluding hydrogens is 400 g/mol. The summed E-state index contributed by atoms with van der Waals surface area (Å²) in [7, 11) is -1.94. The molecule has 0 radical (unpaired) electrons. The molecule has 1 heterocycles. The summed E-state index contributed by atoms with van der Waals surface area (Å²) in [5, 5.41) is 19.3. The number of aromatic nitrogens is 2. The van der Waals surface area contributed by atoms with Crippen molar-refractivity contribution in [3.8, 4) is 5.75 Å². The van der Waals surface area contributed by atoms with Gasteiger partial charge in [0.2, 0.25) is 10.0 Å². The van der Waals surface area contributed by atoms with Crippen molar-refractivity contribution in [1.82, 2.24) is 8.75 Å². The maximum Gasteiger partial charge on any atom is 0.240 e. The molecule has 8 N–H and O–H groups in total. The highest BCUT2D eigenvalue weighted by molar-refractivity contribution is 7.89. The Balaban J connectivity index is 0.000000161. The van der Waals surface area contributed by atoms with E-state index < -0.39 is 10.0 Å². The quantitative estimate of drug-likeness (QED) is 0.243. The van der Waals surface area contributed by atoms with Gasteiger partial charge < -0.3 is 21.9 Å². The molecule has 0 saturated carbocycles. The summed E-state index contributed by atoms with van der Waals surface area (Å²) in [5.74, 6) is 0.256. The van der Waals surface area contributed by atoms with E-state index in [0.717, 1.165) is 28.2 Å². The van der Waals surface area contributed by atoms with Gasteiger partial charge in [0.15, 0.2) is 0 Å². The highest BCUT2D eigenvalue weighted by Gasteiger charge is 2.16. The number of fused-ring (bicyclic) bond motifs is 2. The molecule has 0 atom stereocenters. The fourth-order valence-corrected chi connectivity index (χ4v) is 4.03. The van der Waals surface area contributed by atoms with Crippen LogP contribution in [0.3, 0.4) is 0 Å². The summed E-state index contributed by atoms with van der Waals surface area (Å²) in [6.07, 6.45) is 0. The van der Waals surface area contributed by atoms with Gasteiger partial charge in [-0.15, -0.1) is 0 Å². The molecule has 0 amide bonds. The number of nitrogens with one attached hydrogen (secondary N) is 1. The second-order valence-corrected chi connectivity index (χ2v) is 7.87. The monoisotopic (exact) mass is 418 g/mol. The fourth-order valence-electron chi connectivity index (χ4n) is 2.72. The van der Waals surface area contributed by atoms with Crippen molar-refractivity contribution in [2.24, 2.45) is 5.14 Å². The molecule has 3 aromatic carbocycles. The molecule has 0 fully saturated rings. The number of hydrogen-bond donors (Lipinski definition) is 5. The molecule has 0 bridgehead atoms. The average molecular weight is 419 g/mol. The van der Waals surface area contributed by atoms with Gasteiger partial charge in [-0.05, 0) is 30.3 Å². The second-order valence-electron chi connectivity index (χ2n) is 5.81. The van der Waals surface area contributed by atoms with Crippen LogP contribution in [0.15, 0.2) is 47.4 Å². The van der Waals surface area contributed by atoms with Crippen LogP contribution in [0.1, 0.15) is 0 Å². The summed E-state index contributed by atoms with van der Waals surface area (Å²) < 4.78 is 30.0. The number of anilines is 3. The van der Waals surface area contributed by atoms with E-state index in [9.17, 15) is 13.5 Å². The number of nitrogens with two attached hydrogens (primary N) is 3. The normalized spacial score (nSPS) is 11.2. The van der Waals surface area contributed by atoms with Crippen LogP contribution in [-0.2, 0) is 10.0 Å². The largest absolute Gasteiger partial charge is 0.507 e. The number of primary sulfonamides is 1. The van der Waals surface area contributed by atoms with E-state index >= 15 is 0 Å². The molecule has 0 unspecified atom stereocenters. The van der Waals surface area contributed by atoms with Crippen LogP contribution in [-0.4, -0.2) is 29.3 Å². The first-order valence-corrected chi connectivity index (χ1v) is 10.2. The van der Waals surface area contributed by atoms with E-state index in [4.69, 9.17) is 16.6 Å². The Hall–Kier alpha value is -3.15. The lowest BCUT2D eigenvalue weighted by Crippen LogP contribution is -2.12. The minimum absolute atomic E-state index is 0.0459. The van der Waals surface area contributed by atoms with Crippen molar-refractivity contribution in [3.63, 3.8) is 0 Å². The zero-order valence-electron chi connectivity index (χ0n) is 14.7. The van der Waals surface area contributed by atoms with Crippen molar-refractivity contribution in [1.29, 1.82) is 0 Å². The Labute approximate surface area is 165 Å². The van der Waals surface area contributed by atoms with Crippen LogP contribution in [0.4, 0.5) is 17.1 Å². The lowest BCUT2D eigenvalue weighted by Gasteiger charge is -2.09. The van der Waals surface area contributed by atoms with Gasteiger partial charge in [0.1, 0.15) is 21.7 Å². The molecule has 0 aliphatic rings. The molecule has 146 valence electrons. The van der Waals surface area contributed by atoms with Gasteiger partial charge in [-0.25, -0.2) is 13.6 Å². The molecule has 0 saturated heterocycles. The number of phenols is 1. The Bertz CT molecular complexity index is 1270. The van der Waals surface area contributed by atoms with Crippen LogP contribution < -0.4 is 21.9 Å². The standard InChI is InChI=1S/C11H12N2O.C6H6N4O2S2/c1-13-9-4-2-3-7-10(14)6-5-8(12)11(7)9;7-3-1-2-4(14(8,11)12)6-5(3)9-13-10-6/h2-6,13-14H,12H2,1H3;1-2H,7H2,(H2,8,11,12). The fraction of sp³-hybridized carbons (Fsp3) is 0.0588. The third-order valence-corrected chi connectivity index (χ3v) is 5.51. The molecule has 0 aliphatic carbocycles. The number of benzene rings is 3. The Morgan fingerprint density at radius 1 is 1.00 bits per heavy atom. The average Bonchev–Trinajstić information content (AvgIpc) is 3.14. The Morgan fingerprint density at radius 2 is 1.68 bits per heavy atom. The van der Waals surface area contributed by atoms with Gasteiger partial charge in [-0.3, -0.25) is 0 Å². The van der Waals surface area contributed by atoms with Crippen molar-refractivity contribution in [2.75, 3.05) is 23.8 Å². The number of phenolic OH excluding ortho intramolecular Hbond substituents is 1. The second kappa shape index (κ2) is 7.46. The Kier molecular flexibility index (Phi) is 5.23. The van der Waals surface area contributed by atoms with E-state index in [1.165, 1.54) is 12.1 Å². The SMILES string of the molecule is CNc1cccc2c(O)ccc(N)c12.Nc1ccc(S(N)(=O)=O)c2nsnc12. The zero-order chi connectivity index (χ0) is 20.5. The van der Waals surface area contributed by atoms with Crippen LogP contribution in [0, 0.1) is 0 Å². The molecule has 4 aromatic rings. The minimum Gasteiger partial charge on any atom is -0.507 e. The van der Waals surface area contributed by atoms with Gasteiger partial charge >= 0.3 is 0 Å². The number of sulfonamides is 1. The predicted molar refractivity (Wildman–Crippen MR) is 113 cm³/mol. The van der Waals surface area contributed by atoms with Crippen LogP contribution >= 0.6 is 11.7 Å². The van der Waals surface area contributed by atoms with Crippen LogP contribution in [0.25, 0.3) is 21.8 Å². The summed E-state index contributed by atoms with van der Waals surface area (Å²) >= 11 is 0.897. The highest BCUT2D eigenvalue weighted by atomic mass is 32.2. The van der Waals surface area contributed by atoms with Crippen molar-refractivity contribution in [2.45, 2.75) is 4.90 Å². The lowest BCUT2D eigenvalue weighted by molar-refractivity contribution is 0.481. The number of nitrogens with zero attached hydrogens (tertiary/aromatic N) is 2. The summed E-state index contributed by atoms with van der Waals surface area (Å²) in [6.45, 7) is 0. The first-order valence-electron chi connectivity index (χ1n) is 7.95. The van der Waals surface area contributed by atoms with Crippen molar-refractivity contribution in [3.05, 3.63) is 42.5 Å². The maximum atomic E-state index is 11.1. The molecule has 28 heavy (non-hydrogen) atoms. The molecular formula is C17H18N6O3S2. The van der Waals surface area contributed by atoms with E-state index in [2.05, 4.69) is 14.1 Å². The third kappa shape index (κ3) is 3.63. The van der Waals surface area contributed by atoms with E-state index in [1.807, 2.05) is 25.2 Å². The van der Waals surface area contributed by atoms with Crippen molar-refractivity contribution >= 4 is 60.6 Å². The predicted octanol–water partition coefficient (Wildman–Crippen LogP) is 2.09. The Morgan fingerprint density at radius 3 is 2.36 bits per heavy atom. The molecule has 1 aromatic heterocycles. The number of rotatable bonds is 2. The van der Waals surface area contributed by atoms with Gasteiger partial charge in [0.05, 0.1) is 17.4 Å². The molecule has 4 rings (SSSR count). The van der Waals surface area contributed by atoms with Crippen molar-refractivity contribution < 1.29 is 13.5 Å². The van der Waals surface area contributed by atoms with Gasteiger partial charge in [-0.2, -0.15) is 8.75 Å². The molecule has 11 heteroatoms. The maximum absolute atomic E-state index is 11.1. The number of aromatic hydroxyl groups is 1. The number of nitrogen functional groups attached to an aromatic ring is 2. The lowest BCUT2D eigenvalue weighted by atomic mass is 10.1. The van der Waals surface area contributed by atoms with Crippen LogP contribution in [0.2, 0.25) is 0 Å². The van der Waals surface area contributed by atoms with Crippen LogP contribution in [0.5, 0.6) is 5.75 Å². The summed E-state index contributed by atoms with van der Waals surface area (Å²) in [6, 6.07) is 11.8. The first kappa shape index (κ1) is 19.6. The van der Waals surface area contributed by atoms with E-state index in [1.54, 1.807) is 12.1 Å². The zero-order valence-corrected chi connectivity index (χ0v) is 16.4. The molecule has 9 nitrogen and oxygen atoms in total. The topological polar surface area (TPSA) is 170 Å². The summed E-state index contributed by atoms with van der Waals surface area (Å²) in [4.78, 5) is -0.0459. The van der Waals surface area contributed by atoms with Gasteiger partial charge in [0.25, 0.3) is 0 Å². The van der Waals surface area contributed by atoms with Gasteiger partial charge in [-0.1, -0.05) is 12.1 Å². The van der Waals surface area contributed by atoms with E-state index in [-0.39, 0.29) is 16.2 Å². The smallest absolute Gasteiger partial charge is 0.240 e. The summed E-state index contributed by atoms with van der Waals surface area (Å²) in [5.41, 5.74) is 14.0. The third-order valence-electron chi connectivity index (χ3n) is 4.04.